The Morgan fingerprint density at radius 2 is 2.11 bits per heavy atom. The van der Waals surface area contributed by atoms with Crippen molar-refractivity contribution in [2.75, 3.05) is 19.5 Å². The number of nitrogens with two attached hydrogens (primary N) is 1. The number of hydrogen-bond acceptors (Lipinski definition) is 3. The monoisotopic (exact) mass is 285 g/mol. The molecular formula is C12H13Cl2N3O. The third-order valence-corrected chi connectivity index (χ3v) is 3.36. The summed E-state index contributed by atoms with van der Waals surface area (Å²) in [6.45, 7) is 1.20. The number of ether oxygens (including phenoxy) is 1. The highest BCUT2D eigenvalue weighted by atomic mass is 35.5. The van der Waals surface area contributed by atoms with Gasteiger partial charge < -0.3 is 15.0 Å². The van der Waals surface area contributed by atoms with Gasteiger partial charge in [-0.25, -0.2) is 4.98 Å². The van der Waals surface area contributed by atoms with Gasteiger partial charge in [-0.05, 0) is 12.1 Å². The maximum absolute atomic E-state index is 6.01. The minimum Gasteiger partial charge on any atom is -0.383 e. The first-order valence-electron chi connectivity index (χ1n) is 5.39. The molecule has 1 aromatic carbocycles. The van der Waals surface area contributed by atoms with E-state index in [2.05, 4.69) is 4.98 Å². The molecule has 0 saturated carbocycles. The molecule has 6 heteroatoms. The third kappa shape index (κ3) is 2.61. The van der Waals surface area contributed by atoms with Crippen LogP contribution < -0.4 is 5.73 Å². The number of aromatic nitrogens is 2. The van der Waals surface area contributed by atoms with Gasteiger partial charge in [-0.1, -0.05) is 29.3 Å². The lowest BCUT2D eigenvalue weighted by atomic mass is 10.1. The Labute approximate surface area is 115 Å². The second kappa shape index (κ2) is 5.61. The molecule has 0 atom stereocenters. The molecule has 0 unspecified atom stereocenters. The molecule has 0 fully saturated rings. The molecule has 2 rings (SSSR count). The van der Waals surface area contributed by atoms with Crippen molar-refractivity contribution < 1.29 is 4.74 Å². The lowest BCUT2D eigenvalue weighted by Crippen LogP contribution is -2.09. The van der Waals surface area contributed by atoms with E-state index in [1.54, 1.807) is 25.4 Å². The van der Waals surface area contributed by atoms with E-state index in [4.69, 9.17) is 33.7 Å². The number of halogens is 2. The standard InChI is InChI=1S/C12H13Cl2N3O/c1-18-5-4-17-11(7-16-12(17)15)8-2-3-9(13)10(14)6-8/h2-3,6-7H,4-5H2,1H3,(H2,15,16). The molecule has 0 radical (unpaired) electrons. The van der Waals surface area contributed by atoms with Gasteiger partial charge in [0.15, 0.2) is 0 Å². The minimum absolute atomic E-state index is 0.452. The zero-order chi connectivity index (χ0) is 13.1. The van der Waals surface area contributed by atoms with Gasteiger partial charge in [0.25, 0.3) is 0 Å². The van der Waals surface area contributed by atoms with Crippen LogP contribution in [0.15, 0.2) is 24.4 Å². The van der Waals surface area contributed by atoms with Crippen molar-refractivity contribution in [2.45, 2.75) is 6.54 Å². The summed E-state index contributed by atoms with van der Waals surface area (Å²) in [4.78, 5) is 4.11. The summed E-state index contributed by atoms with van der Waals surface area (Å²) in [6.07, 6.45) is 1.71. The van der Waals surface area contributed by atoms with E-state index in [0.29, 0.717) is 29.1 Å². The first-order valence-corrected chi connectivity index (χ1v) is 6.14. The van der Waals surface area contributed by atoms with Gasteiger partial charge in [0, 0.05) is 19.2 Å². The fourth-order valence-electron chi connectivity index (χ4n) is 1.69. The largest absolute Gasteiger partial charge is 0.383 e. The van der Waals surface area contributed by atoms with Crippen LogP contribution in [-0.4, -0.2) is 23.3 Å². The molecular weight excluding hydrogens is 273 g/mol. The van der Waals surface area contributed by atoms with E-state index in [0.717, 1.165) is 11.3 Å². The number of benzene rings is 1. The Balaban J connectivity index is 2.40. The normalized spacial score (nSPS) is 10.8. The number of methoxy groups -OCH3 is 1. The maximum Gasteiger partial charge on any atom is 0.200 e. The predicted molar refractivity (Wildman–Crippen MR) is 74.0 cm³/mol. The molecule has 2 aromatic rings. The molecule has 0 saturated heterocycles. The molecule has 1 aromatic heterocycles. The average molecular weight is 286 g/mol. The average Bonchev–Trinajstić information content (AvgIpc) is 2.72. The van der Waals surface area contributed by atoms with Gasteiger partial charge >= 0.3 is 0 Å². The van der Waals surface area contributed by atoms with Crippen molar-refractivity contribution in [2.24, 2.45) is 0 Å². The number of nitrogen functional groups attached to an aromatic ring is 1. The van der Waals surface area contributed by atoms with Gasteiger partial charge in [-0.15, -0.1) is 0 Å². The van der Waals surface area contributed by atoms with Crippen LogP contribution in [0.1, 0.15) is 0 Å². The van der Waals surface area contributed by atoms with Crippen LogP contribution in [0.25, 0.3) is 11.3 Å². The zero-order valence-corrected chi connectivity index (χ0v) is 11.4. The Morgan fingerprint density at radius 1 is 1.33 bits per heavy atom. The van der Waals surface area contributed by atoms with Gasteiger partial charge in [-0.3, -0.25) is 0 Å². The smallest absolute Gasteiger partial charge is 0.200 e. The Bertz CT molecular complexity index is 554. The molecule has 0 aliphatic heterocycles. The number of nitrogens with zero attached hydrogens (tertiary/aromatic N) is 2. The van der Waals surface area contributed by atoms with Crippen LogP contribution in [0.4, 0.5) is 5.95 Å². The summed E-state index contributed by atoms with van der Waals surface area (Å²) in [7, 11) is 1.64. The predicted octanol–water partition coefficient (Wildman–Crippen LogP) is 3.09. The van der Waals surface area contributed by atoms with E-state index in [1.165, 1.54) is 0 Å². The highest BCUT2D eigenvalue weighted by Gasteiger charge is 2.10. The molecule has 0 aliphatic carbocycles. The lowest BCUT2D eigenvalue weighted by molar-refractivity contribution is 0.188. The highest BCUT2D eigenvalue weighted by Crippen LogP contribution is 2.29. The highest BCUT2D eigenvalue weighted by molar-refractivity contribution is 6.42. The van der Waals surface area contributed by atoms with Crippen LogP contribution in [0.2, 0.25) is 10.0 Å². The van der Waals surface area contributed by atoms with E-state index in [1.807, 2.05) is 10.6 Å². The first kappa shape index (κ1) is 13.2. The number of hydrogen-bond donors (Lipinski definition) is 1. The summed E-state index contributed by atoms with van der Waals surface area (Å²) < 4.78 is 6.93. The summed E-state index contributed by atoms with van der Waals surface area (Å²) in [6, 6.07) is 5.43. The first-order chi connectivity index (χ1) is 8.63. The van der Waals surface area contributed by atoms with Crippen LogP contribution >= 0.6 is 23.2 Å². The van der Waals surface area contributed by atoms with Crippen molar-refractivity contribution in [3.8, 4) is 11.3 Å². The van der Waals surface area contributed by atoms with E-state index < -0.39 is 0 Å². The molecule has 18 heavy (non-hydrogen) atoms. The van der Waals surface area contributed by atoms with E-state index in [-0.39, 0.29) is 0 Å². The van der Waals surface area contributed by atoms with Crippen LogP contribution in [-0.2, 0) is 11.3 Å². The maximum atomic E-state index is 6.01. The number of anilines is 1. The molecule has 4 nitrogen and oxygen atoms in total. The van der Waals surface area contributed by atoms with E-state index >= 15 is 0 Å². The molecule has 0 aliphatic rings. The second-order valence-electron chi connectivity index (χ2n) is 3.77. The quantitative estimate of drug-likeness (QED) is 0.939. The van der Waals surface area contributed by atoms with Crippen LogP contribution in [0.5, 0.6) is 0 Å². The van der Waals surface area contributed by atoms with Gasteiger partial charge in [0.1, 0.15) is 0 Å². The van der Waals surface area contributed by atoms with Gasteiger partial charge in [0.05, 0.1) is 28.5 Å². The molecule has 96 valence electrons. The topological polar surface area (TPSA) is 53.1 Å². The summed E-state index contributed by atoms with van der Waals surface area (Å²) >= 11 is 11.9. The Morgan fingerprint density at radius 3 is 2.78 bits per heavy atom. The minimum atomic E-state index is 0.452. The summed E-state index contributed by atoms with van der Waals surface area (Å²) in [5.41, 5.74) is 7.64. The van der Waals surface area contributed by atoms with Crippen molar-refractivity contribution >= 4 is 29.2 Å². The SMILES string of the molecule is COCCn1c(-c2ccc(Cl)c(Cl)c2)cnc1N. The van der Waals surface area contributed by atoms with Crippen molar-refractivity contribution in [1.82, 2.24) is 9.55 Å². The van der Waals surface area contributed by atoms with Gasteiger partial charge in [0.2, 0.25) is 5.95 Å². The van der Waals surface area contributed by atoms with Gasteiger partial charge in [-0.2, -0.15) is 0 Å². The van der Waals surface area contributed by atoms with Crippen molar-refractivity contribution in [1.29, 1.82) is 0 Å². The molecule has 0 spiro atoms. The van der Waals surface area contributed by atoms with Crippen molar-refractivity contribution in [3.63, 3.8) is 0 Å². The van der Waals surface area contributed by atoms with Crippen LogP contribution in [0.3, 0.4) is 0 Å². The fraction of sp³-hybridized carbons (Fsp3) is 0.250. The molecule has 0 bridgehead atoms. The summed E-state index contributed by atoms with van der Waals surface area (Å²) in [5.74, 6) is 0.452. The summed E-state index contributed by atoms with van der Waals surface area (Å²) in [5, 5.41) is 1.03. The zero-order valence-electron chi connectivity index (χ0n) is 9.86. The van der Waals surface area contributed by atoms with E-state index in [9.17, 15) is 0 Å². The lowest BCUT2D eigenvalue weighted by Gasteiger charge is -2.10. The Kier molecular flexibility index (Phi) is 4.11. The Hall–Kier alpha value is -1.23. The molecule has 1 heterocycles. The number of imidazole rings is 1. The second-order valence-corrected chi connectivity index (χ2v) is 4.59. The van der Waals surface area contributed by atoms with Crippen molar-refractivity contribution in [3.05, 3.63) is 34.4 Å². The molecule has 2 N–H and O–H groups in total. The van der Waals surface area contributed by atoms with Crippen LogP contribution in [0, 0.1) is 0 Å². The number of rotatable bonds is 4. The molecule has 0 amide bonds. The third-order valence-electron chi connectivity index (χ3n) is 2.62. The fourth-order valence-corrected chi connectivity index (χ4v) is 1.99.